The predicted octanol–water partition coefficient (Wildman–Crippen LogP) is 0.646. The van der Waals surface area contributed by atoms with Gasteiger partial charge in [-0.2, -0.15) is 0 Å². The number of H-pyrrole nitrogens is 1. The summed E-state index contributed by atoms with van der Waals surface area (Å²) in [5.41, 5.74) is 1.27. The van der Waals surface area contributed by atoms with E-state index in [4.69, 9.17) is 12.2 Å². The number of nitrogens with one attached hydrogen (secondary N) is 1. The number of fused-ring (bicyclic) bond motifs is 1. The van der Waals surface area contributed by atoms with Gasteiger partial charge in [0.05, 0.1) is 34.0 Å². The molecular formula is C15H27N5O2S. The van der Waals surface area contributed by atoms with Crippen LogP contribution in [-0.2, 0) is 13.6 Å². The molecule has 0 fully saturated rings. The van der Waals surface area contributed by atoms with Crippen molar-refractivity contribution in [3.63, 3.8) is 0 Å². The Morgan fingerprint density at radius 3 is 2.52 bits per heavy atom. The molecule has 8 heteroatoms. The first-order valence-corrected chi connectivity index (χ1v) is 8.15. The molecule has 0 saturated carbocycles. The molecule has 0 atom stereocenters. The highest BCUT2D eigenvalue weighted by Gasteiger charge is 2.09. The van der Waals surface area contributed by atoms with Gasteiger partial charge in [-0.1, -0.05) is 32.2 Å². The Kier molecular flexibility index (Phi) is 7.11. The summed E-state index contributed by atoms with van der Waals surface area (Å²) in [5.74, 6) is 0. The number of aromatic amines is 1. The lowest BCUT2D eigenvalue weighted by Crippen LogP contribution is -2.39. The van der Waals surface area contributed by atoms with Crippen molar-refractivity contribution in [3.8, 4) is 0 Å². The molecule has 0 saturated heterocycles. The number of quaternary nitrogens is 1. The summed E-state index contributed by atoms with van der Waals surface area (Å²) < 4.78 is 4.48. The minimum atomic E-state index is -0.0990. The van der Waals surface area contributed by atoms with Gasteiger partial charge in [0, 0.05) is 13.6 Å². The van der Waals surface area contributed by atoms with Crippen molar-refractivity contribution in [2.75, 3.05) is 34.3 Å². The van der Waals surface area contributed by atoms with Gasteiger partial charge in [0.1, 0.15) is 10.2 Å². The van der Waals surface area contributed by atoms with Gasteiger partial charge in [0.15, 0.2) is 5.65 Å². The van der Waals surface area contributed by atoms with E-state index in [9.17, 15) is 9.90 Å². The summed E-state index contributed by atoms with van der Waals surface area (Å²) in [6.45, 7) is 3.50. The maximum Gasteiger partial charge on any atom is 0.330 e. The summed E-state index contributed by atoms with van der Waals surface area (Å²) in [4.78, 5) is 19.1. The SMILES string of the molecule is CCCCn1c(=S)c2[nH]cnc2n(C)c1=O.C[N+](C)(C)CC[O-]. The fourth-order valence-electron chi connectivity index (χ4n) is 1.98. The van der Waals surface area contributed by atoms with Gasteiger partial charge in [-0.25, -0.2) is 9.78 Å². The van der Waals surface area contributed by atoms with Crippen LogP contribution in [-0.4, -0.2) is 57.9 Å². The Labute approximate surface area is 141 Å². The molecule has 0 bridgehead atoms. The van der Waals surface area contributed by atoms with E-state index in [0.717, 1.165) is 29.4 Å². The number of rotatable bonds is 5. The number of nitrogens with zero attached hydrogens (tertiary/aromatic N) is 4. The summed E-state index contributed by atoms with van der Waals surface area (Å²) in [6, 6.07) is 0. The molecule has 0 aliphatic rings. The van der Waals surface area contributed by atoms with Gasteiger partial charge in [0.2, 0.25) is 0 Å². The molecule has 0 aliphatic carbocycles. The van der Waals surface area contributed by atoms with E-state index in [1.54, 1.807) is 17.9 Å². The average Bonchev–Trinajstić information content (AvgIpc) is 2.94. The van der Waals surface area contributed by atoms with Gasteiger partial charge >= 0.3 is 5.69 Å². The lowest BCUT2D eigenvalue weighted by atomic mass is 10.3. The highest BCUT2D eigenvalue weighted by Crippen LogP contribution is 2.08. The second kappa shape index (κ2) is 8.37. The zero-order chi connectivity index (χ0) is 17.6. The molecule has 1 N–H and O–H groups in total. The minimum absolute atomic E-state index is 0.0312. The van der Waals surface area contributed by atoms with Crippen LogP contribution in [0, 0.1) is 4.64 Å². The van der Waals surface area contributed by atoms with E-state index in [1.165, 1.54) is 4.57 Å². The second-order valence-electron chi connectivity index (χ2n) is 6.47. The number of aryl methyl sites for hydroxylation is 1. The Hall–Kier alpha value is -1.51. The average molecular weight is 341 g/mol. The number of likely N-dealkylation sites (N-methyl/N-ethyl adjacent to an activating group) is 1. The molecule has 0 amide bonds. The molecule has 0 radical (unpaired) electrons. The fourth-order valence-corrected chi connectivity index (χ4v) is 2.30. The lowest BCUT2D eigenvalue weighted by Gasteiger charge is -2.25. The molecule has 23 heavy (non-hydrogen) atoms. The van der Waals surface area contributed by atoms with Crippen LogP contribution in [0.15, 0.2) is 11.1 Å². The standard InChI is InChI=1S/C10H14N4OS.C5H13NO/c1-3-4-5-14-9(16)7-8(12-6-11-7)13(2)10(14)15;1-6(2,3)4-5-7/h6H,3-5H2,1-2H3,(H,11,12);4-5H2,1-3H3. The molecule has 2 rings (SSSR count). The lowest BCUT2D eigenvalue weighted by molar-refractivity contribution is -0.875. The topological polar surface area (TPSA) is 78.7 Å². The van der Waals surface area contributed by atoms with Crippen LogP contribution >= 0.6 is 12.2 Å². The third kappa shape index (κ3) is 5.26. The highest BCUT2D eigenvalue weighted by atomic mass is 32.1. The first-order valence-electron chi connectivity index (χ1n) is 7.74. The van der Waals surface area contributed by atoms with Crippen molar-refractivity contribution < 1.29 is 9.59 Å². The van der Waals surface area contributed by atoms with E-state index < -0.39 is 0 Å². The Balaban J connectivity index is 0.000000322. The number of hydrogen-bond donors (Lipinski definition) is 1. The second-order valence-corrected chi connectivity index (χ2v) is 6.86. The van der Waals surface area contributed by atoms with Gasteiger partial charge in [-0.3, -0.25) is 9.13 Å². The molecular weight excluding hydrogens is 314 g/mol. The van der Waals surface area contributed by atoms with Gasteiger partial charge < -0.3 is 14.6 Å². The Morgan fingerprint density at radius 2 is 2.04 bits per heavy atom. The van der Waals surface area contributed by atoms with Crippen molar-refractivity contribution in [3.05, 3.63) is 21.5 Å². The molecule has 130 valence electrons. The molecule has 2 aromatic rings. The molecule has 0 aromatic carbocycles. The van der Waals surface area contributed by atoms with Crippen LogP contribution in [0.25, 0.3) is 11.2 Å². The van der Waals surface area contributed by atoms with Gasteiger partial charge in [-0.15, -0.1) is 0 Å². The van der Waals surface area contributed by atoms with Gasteiger partial charge in [0.25, 0.3) is 0 Å². The number of unbranched alkanes of at least 4 members (excludes halogenated alkanes) is 1. The zero-order valence-corrected chi connectivity index (χ0v) is 15.4. The monoisotopic (exact) mass is 341 g/mol. The first-order chi connectivity index (χ1) is 10.7. The van der Waals surface area contributed by atoms with E-state index in [0.29, 0.717) is 16.8 Å². The van der Waals surface area contributed by atoms with Crippen molar-refractivity contribution in [2.24, 2.45) is 7.05 Å². The van der Waals surface area contributed by atoms with Crippen LogP contribution in [0.1, 0.15) is 19.8 Å². The quantitative estimate of drug-likeness (QED) is 0.640. The van der Waals surface area contributed by atoms with Crippen LogP contribution in [0.5, 0.6) is 0 Å². The number of hydrogen-bond acceptors (Lipinski definition) is 4. The number of imidazole rings is 1. The largest absolute Gasteiger partial charge is 0.850 e. The summed E-state index contributed by atoms with van der Waals surface area (Å²) in [7, 11) is 7.75. The molecule has 2 heterocycles. The summed E-state index contributed by atoms with van der Waals surface area (Å²) >= 11 is 5.29. The van der Waals surface area contributed by atoms with Crippen molar-refractivity contribution in [1.29, 1.82) is 0 Å². The van der Waals surface area contributed by atoms with E-state index in [-0.39, 0.29) is 12.3 Å². The maximum atomic E-state index is 12.0. The van der Waals surface area contributed by atoms with Gasteiger partial charge in [-0.05, 0) is 6.42 Å². The maximum absolute atomic E-state index is 12.0. The number of aromatic nitrogens is 4. The normalized spacial score (nSPS) is 11.4. The van der Waals surface area contributed by atoms with Crippen molar-refractivity contribution >= 4 is 23.4 Å². The predicted molar refractivity (Wildman–Crippen MR) is 92.8 cm³/mol. The van der Waals surface area contributed by atoms with Crippen molar-refractivity contribution in [2.45, 2.75) is 26.3 Å². The highest BCUT2D eigenvalue weighted by molar-refractivity contribution is 7.71. The fraction of sp³-hybridized carbons (Fsp3) is 0.667. The first kappa shape index (κ1) is 19.5. The van der Waals surface area contributed by atoms with Crippen LogP contribution in [0.2, 0.25) is 0 Å². The molecule has 2 aromatic heterocycles. The summed E-state index contributed by atoms with van der Waals surface area (Å²) in [5, 5.41) is 9.93. The third-order valence-corrected chi connectivity index (χ3v) is 3.84. The zero-order valence-electron chi connectivity index (χ0n) is 14.6. The van der Waals surface area contributed by atoms with E-state index >= 15 is 0 Å². The van der Waals surface area contributed by atoms with Crippen LogP contribution in [0.3, 0.4) is 0 Å². The molecule has 0 unspecified atom stereocenters. The molecule has 0 aliphatic heterocycles. The molecule has 0 spiro atoms. The smallest absolute Gasteiger partial charge is 0.330 e. The third-order valence-electron chi connectivity index (χ3n) is 3.41. The van der Waals surface area contributed by atoms with Crippen molar-refractivity contribution in [1.82, 2.24) is 19.1 Å². The van der Waals surface area contributed by atoms with E-state index in [1.807, 2.05) is 21.1 Å². The Bertz CT molecular complexity index is 739. The minimum Gasteiger partial charge on any atom is -0.850 e. The van der Waals surface area contributed by atoms with Crippen LogP contribution in [0.4, 0.5) is 0 Å². The Morgan fingerprint density at radius 1 is 1.39 bits per heavy atom. The summed E-state index contributed by atoms with van der Waals surface area (Å²) in [6.07, 6.45) is 3.54. The molecule has 7 nitrogen and oxygen atoms in total. The van der Waals surface area contributed by atoms with Crippen LogP contribution < -0.4 is 10.8 Å². The van der Waals surface area contributed by atoms with E-state index in [2.05, 4.69) is 16.9 Å².